The van der Waals surface area contributed by atoms with Crippen molar-refractivity contribution in [3.8, 4) is 0 Å². The summed E-state index contributed by atoms with van der Waals surface area (Å²) < 4.78 is 5.05. The number of cyclic esters (lactones) is 1. The zero-order valence-corrected chi connectivity index (χ0v) is 8.56. The summed E-state index contributed by atoms with van der Waals surface area (Å²) in [4.78, 5) is 11.0. The maximum atomic E-state index is 11.0. The molecule has 1 aliphatic rings. The average molecular weight is 202 g/mol. The van der Waals surface area contributed by atoms with Gasteiger partial charge >= 0.3 is 5.97 Å². The Bertz CT molecular complexity index is 356. The number of ether oxygens (including phenoxy) is 1. The van der Waals surface area contributed by atoms with Crippen molar-refractivity contribution >= 4 is 5.97 Å². The Morgan fingerprint density at radius 2 is 2.07 bits per heavy atom. The van der Waals surface area contributed by atoms with Gasteiger partial charge in [0.15, 0.2) is 0 Å². The third-order valence-electron chi connectivity index (χ3n) is 2.75. The van der Waals surface area contributed by atoms with Crippen molar-refractivity contribution in [2.75, 3.05) is 0 Å². The Kier molecular flexibility index (Phi) is 2.86. The number of carbonyl (C=O) groups is 1. The summed E-state index contributed by atoms with van der Waals surface area (Å²) in [5.74, 6) is -0.225. The van der Waals surface area contributed by atoms with Crippen molar-refractivity contribution in [1.29, 1.82) is 0 Å². The van der Waals surface area contributed by atoms with Crippen molar-refractivity contribution in [2.45, 2.75) is 18.9 Å². The maximum Gasteiger partial charge on any atom is 0.316 e. The summed E-state index contributed by atoms with van der Waals surface area (Å²) in [6.45, 7) is 3.64. The summed E-state index contributed by atoms with van der Waals surface area (Å²) >= 11 is 0. The Morgan fingerprint density at radius 1 is 1.33 bits per heavy atom. The van der Waals surface area contributed by atoms with Gasteiger partial charge in [0.25, 0.3) is 0 Å². The topological polar surface area (TPSA) is 26.3 Å². The van der Waals surface area contributed by atoms with Crippen molar-refractivity contribution in [2.24, 2.45) is 5.92 Å². The second kappa shape index (κ2) is 4.30. The molecule has 1 aliphatic heterocycles. The van der Waals surface area contributed by atoms with Crippen molar-refractivity contribution in [3.05, 3.63) is 48.6 Å². The molecule has 1 fully saturated rings. The first-order chi connectivity index (χ1) is 7.31. The van der Waals surface area contributed by atoms with Crippen LogP contribution in [0, 0.1) is 5.92 Å². The van der Waals surface area contributed by atoms with Gasteiger partial charge in [-0.3, -0.25) is 4.79 Å². The molecule has 2 rings (SSSR count). The van der Waals surface area contributed by atoms with E-state index in [0.29, 0.717) is 0 Å². The summed E-state index contributed by atoms with van der Waals surface area (Å²) in [7, 11) is 0. The molecule has 1 heterocycles. The van der Waals surface area contributed by atoms with Gasteiger partial charge < -0.3 is 4.74 Å². The number of esters is 1. The van der Waals surface area contributed by atoms with Gasteiger partial charge in [-0.1, -0.05) is 36.4 Å². The first-order valence-corrected chi connectivity index (χ1v) is 5.18. The van der Waals surface area contributed by atoms with E-state index in [2.05, 4.69) is 18.7 Å². The standard InChI is InChI=1S/C13H14O2/c1-2-11-12(15-13(11)14)9-8-10-6-4-3-5-7-10/h2-7,11-12H,1,8-9H2/t11?,12-/m1/s1. The second-order valence-electron chi connectivity index (χ2n) is 3.76. The number of aryl methyl sites for hydroxylation is 1. The van der Waals surface area contributed by atoms with Gasteiger partial charge in [-0.25, -0.2) is 0 Å². The predicted octanol–water partition coefficient (Wildman–Crippen LogP) is 2.35. The molecular formula is C13H14O2. The Hall–Kier alpha value is -1.57. The highest BCUT2D eigenvalue weighted by molar-refractivity contribution is 5.80. The van der Waals surface area contributed by atoms with Crippen LogP contribution in [0.25, 0.3) is 0 Å². The third-order valence-corrected chi connectivity index (χ3v) is 2.75. The number of rotatable bonds is 4. The molecule has 1 aromatic carbocycles. The van der Waals surface area contributed by atoms with E-state index in [1.54, 1.807) is 6.08 Å². The van der Waals surface area contributed by atoms with Crippen LogP contribution in [0.4, 0.5) is 0 Å². The van der Waals surface area contributed by atoms with Crippen LogP contribution in [0.3, 0.4) is 0 Å². The third kappa shape index (κ3) is 2.09. The van der Waals surface area contributed by atoms with Crippen LogP contribution in [0.1, 0.15) is 12.0 Å². The van der Waals surface area contributed by atoms with Crippen LogP contribution in [0.2, 0.25) is 0 Å². The van der Waals surface area contributed by atoms with E-state index < -0.39 is 0 Å². The van der Waals surface area contributed by atoms with E-state index in [9.17, 15) is 4.79 Å². The molecule has 0 spiro atoms. The van der Waals surface area contributed by atoms with Crippen LogP contribution in [0.5, 0.6) is 0 Å². The smallest absolute Gasteiger partial charge is 0.316 e. The fourth-order valence-corrected chi connectivity index (χ4v) is 1.82. The van der Waals surface area contributed by atoms with Gasteiger partial charge in [0.1, 0.15) is 12.0 Å². The molecule has 1 unspecified atom stereocenters. The molecule has 1 aromatic rings. The molecule has 0 bridgehead atoms. The lowest BCUT2D eigenvalue weighted by Gasteiger charge is -2.33. The summed E-state index contributed by atoms with van der Waals surface area (Å²) in [5, 5.41) is 0. The van der Waals surface area contributed by atoms with E-state index in [1.165, 1.54) is 5.56 Å². The predicted molar refractivity (Wildman–Crippen MR) is 58.3 cm³/mol. The van der Waals surface area contributed by atoms with Crippen LogP contribution in [-0.2, 0) is 16.0 Å². The molecule has 15 heavy (non-hydrogen) atoms. The van der Waals surface area contributed by atoms with Crippen molar-refractivity contribution in [3.63, 3.8) is 0 Å². The highest BCUT2D eigenvalue weighted by Gasteiger charge is 2.39. The lowest BCUT2D eigenvalue weighted by Crippen LogP contribution is -2.43. The van der Waals surface area contributed by atoms with Crippen LogP contribution in [-0.4, -0.2) is 12.1 Å². The SMILES string of the molecule is C=CC1C(=O)O[C@@H]1CCc1ccccc1. The van der Waals surface area contributed by atoms with E-state index in [0.717, 1.165) is 12.8 Å². The summed E-state index contributed by atoms with van der Waals surface area (Å²) in [6, 6.07) is 10.2. The van der Waals surface area contributed by atoms with E-state index >= 15 is 0 Å². The zero-order valence-electron chi connectivity index (χ0n) is 8.56. The number of hydrogen-bond donors (Lipinski definition) is 0. The zero-order chi connectivity index (χ0) is 10.7. The number of benzene rings is 1. The second-order valence-corrected chi connectivity index (χ2v) is 3.76. The quantitative estimate of drug-likeness (QED) is 0.553. The molecule has 2 nitrogen and oxygen atoms in total. The fourth-order valence-electron chi connectivity index (χ4n) is 1.82. The highest BCUT2D eigenvalue weighted by atomic mass is 16.6. The molecule has 0 N–H and O–H groups in total. The molecule has 0 radical (unpaired) electrons. The van der Waals surface area contributed by atoms with Gasteiger partial charge in [-0.2, -0.15) is 0 Å². The Labute approximate surface area is 89.6 Å². The molecule has 0 aliphatic carbocycles. The van der Waals surface area contributed by atoms with Gasteiger partial charge in [0.2, 0.25) is 0 Å². The largest absolute Gasteiger partial charge is 0.461 e. The highest BCUT2D eigenvalue weighted by Crippen LogP contribution is 2.27. The molecule has 0 saturated carbocycles. The molecule has 2 heteroatoms. The minimum atomic E-state index is -0.136. The summed E-state index contributed by atoms with van der Waals surface area (Å²) in [5.41, 5.74) is 1.28. The first kappa shape index (κ1) is 9.97. The Morgan fingerprint density at radius 3 is 2.67 bits per heavy atom. The normalized spacial score (nSPS) is 24.1. The van der Waals surface area contributed by atoms with Crippen molar-refractivity contribution in [1.82, 2.24) is 0 Å². The minimum Gasteiger partial charge on any atom is -0.461 e. The monoisotopic (exact) mass is 202 g/mol. The van der Waals surface area contributed by atoms with Gasteiger partial charge in [-0.05, 0) is 18.4 Å². The van der Waals surface area contributed by atoms with E-state index in [4.69, 9.17) is 4.74 Å². The summed E-state index contributed by atoms with van der Waals surface area (Å²) in [6.07, 6.45) is 3.55. The number of carbonyl (C=O) groups excluding carboxylic acids is 1. The van der Waals surface area contributed by atoms with Gasteiger partial charge in [0, 0.05) is 0 Å². The molecule has 78 valence electrons. The molecule has 2 atom stereocenters. The maximum absolute atomic E-state index is 11.0. The van der Waals surface area contributed by atoms with Crippen molar-refractivity contribution < 1.29 is 9.53 Å². The van der Waals surface area contributed by atoms with E-state index in [1.807, 2.05) is 18.2 Å². The van der Waals surface area contributed by atoms with Gasteiger partial charge in [0.05, 0.1) is 0 Å². The first-order valence-electron chi connectivity index (χ1n) is 5.18. The lowest BCUT2D eigenvalue weighted by molar-refractivity contribution is -0.179. The van der Waals surface area contributed by atoms with Crippen LogP contribution >= 0.6 is 0 Å². The van der Waals surface area contributed by atoms with E-state index in [-0.39, 0.29) is 18.0 Å². The van der Waals surface area contributed by atoms with Crippen LogP contribution < -0.4 is 0 Å². The van der Waals surface area contributed by atoms with Gasteiger partial charge in [-0.15, -0.1) is 6.58 Å². The van der Waals surface area contributed by atoms with Crippen LogP contribution in [0.15, 0.2) is 43.0 Å². The average Bonchev–Trinajstić information content (AvgIpc) is 2.26. The molecule has 1 saturated heterocycles. The minimum absolute atomic E-state index is 0.0372. The molecule has 0 aromatic heterocycles. The Balaban J connectivity index is 1.85. The molecule has 0 amide bonds. The molecular weight excluding hydrogens is 188 g/mol. The fraction of sp³-hybridized carbons (Fsp3) is 0.308. The lowest BCUT2D eigenvalue weighted by atomic mass is 9.92. The number of hydrogen-bond acceptors (Lipinski definition) is 2.